The van der Waals surface area contributed by atoms with Gasteiger partial charge in [-0.2, -0.15) is 27.0 Å². The smallest absolute Gasteiger partial charge is 0.231 e. The van der Waals surface area contributed by atoms with Gasteiger partial charge >= 0.3 is 0 Å². The Balaban J connectivity index is -0.0000000427. The minimum absolute atomic E-state index is 0. The molecule has 24 heavy (non-hydrogen) atoms. The van der Waals surface area contributed by atoms with Crippen LogP contribution in [0, 0.1) is 10.8 Å². The Kier molecular flexibility index (Phi) is 92.2. The second kappa shape index (κ2) is 58.5. The van der Waals surface area contributed by atoms with E-state index in [0.29, 0.717) is 0 Å². The summed E-state index contributed by atoms with van der Waals surface area (Å²) in [7, 11) is 2.00. The van der Waals surface area contributed by atoms with Crippen LogP contribution < -0.4 is 0 Å². The molecule has 0 bridgehead atoms. The summed E-state index contributed by atoms with van der Waals surface area (Å²) in [5.41, 5.74) is 0. The van der Waals surface area contributed by atoms with Crippen LogP contribution in [0.1, 0.15) is 0 Å². The molecule has 2 aromatic carbocycles. The van der Waals surface area contributed by atoms with Crippen molar-refractivity contribution in [2.24, 2.45) is 0 Å². The Labute approximate surface area is 157 Å². The summed E-state index contributed by atoms with van der Waals surface area (Å²) in [4.78, 5) is 16.7. The molecule has 0 radical (unpaired) electrons. The monoisotopic (exact) mass is 374 g/mol. The highest BCUT2D eigenvalue weighted by molar-refractivity contribution is 7.59. The molecule has 4 N–H and O–H groups in total. The first-order chi connectivity index (χ1) is 10.8. The lowest BCUT2D eigenvalue weighted by molar-refractivity contribution is 0.399. The average molecular weight is 375 g/mol. The van der Waals surface area contributed by atoms with Crippen molar-refractivity contribution in [3.8, 4) is 0 Å². The SMILES string of the molecule is CO.CO.N=C=O.N=C=O.S.S.c1ccccc1.c1ccccc1. The van der Waals surface area contributed by atoms with Crippen LogP contribution in [0.25, 0.3) is 0 Å². The largest absolute Gasteiger partial charge is 0.400 e. The summed E-state index contributed by atoms with van der Waals surface area (Å²) >= 11 is 0. The highest BCUT2D eigenvalue weighted by Crippen LogP contribution is 1.80. The van der Waals surface area contributed by atoms with E-state index in [-0.39, 0.29) is 27.0 Å². The minimum Gasteiger partial charge on any atom is -0.400 e. The fraction of sp³-hybridized carbons (Fsp3) is 0.125. The molecule has 0 atom stereocenters. The van der Waals surface area contributed by atoms with Crippen molar-refractivity contribution in [1.29, 1.82) is 10.8 Å². The number of aliphatic hydroxyl groups is 2. The highest BCUT2D eigenvalue weighted by atomic mass is 32.1. The van der Waals surface area contributed by atoms with E-state index in [9.17, 15) is 0 Å². The van der Waals surface area contributed by atoms with Crippen LogP contribution in [-0.2, 0) is 9.59 Å². The lowest BCUT2D eigenvalue weighted by Gasteiger charge is -1.69. The van der Waals surface area contributed by atoms with Crippen molar-refractivity contribution in [2.75, 3.05) is 14.2 Å². The molecule has 6 nitrogen and oxygen atoms in total. The average Bonchev–Trinajstić information content (AvgIpc) is 2.63. The number of carbonyl (C=O) groups excluding carboxylic acids is 2. The van der Waals surface area contributed by atoms with E-state index >= 15 is 0 Å². The van der Waals surface area contributed by atoms with E-state index in [0.717, 1.165) is 26.4 Å². The van der Waals surface area contributed by atoms with Gasteiger partial charge in [-0.1, -0.05) is 72.8 Å². The summed E-state index contributed by atoms with van der Waals surface area (Å²) in [5.74, 6) is 0. The van der Waals surface area contributed by atoms with Crippen LogP contribution >= 0.6 is 27.0 Å². The van der Waals surface area contributed by atoms with Crippen LogP contribution in [0.4, 0.5) is 0 Å². The predicted octanol–water partition coefficient (Wildman–Crippen LogP) is 2.62. The summed E-state index contributed by atoms with van der Waals surface area (Å²) in [6, 6.07) is 24.0. The molecule has 0 fully saturated rings. The second-order valence-electron chi connectivity index (χ2n) is 2.51. The molecule has 0 heterocycles. The van der Waals surface area contributed by atoms with Gasteiger partial charge in [-0.3, -0.25) is 0 Å². The van der Waals surface area contributed by atoms with Crippen molar-refractivity contribution in [2.45, 2.75) is 0 Å². The number of isocyanates is 2. The third-order valence-corrected chi connectivity index (χ3v) is 1.33. The van der Waals surface area contributed by atoms with Crippen molar-refractivity contribution < 1.29 is 19.8 Å². The highest BCUT2D eigenvalue weighted by Gasteiger charge is 1.58. The molecule has 0 saturated heterocycles. The van der Waals surface area contributed by atoms with Crippen molar-refractivity contribution >= 4 is 39.2 Å². The first-order valence-electron chi connectivity index (χ1n) is 5.80. The quantitative estimate of drug-likeness (QED) is 0.418. The van der Waals surface area contributed by atoms with Gasteiger partial charge in [-0.05, 0) is 0 Å². The lowest BCUT2D eigenvalue weighted by Crippen LogP contribution is -1.47. The predicted molar refractivity (Wildman–Crippen MR) is 107 cm³/mol. The van der Waals surface area contributed by atoms with Crippen LogP contribution in [0.5, 0.6) is 0 Å². The van der Waals surface area contributed by atoms with Crippen LogP contribution in [-0.4, -0.2) is 36.6 Å². The maximum Gasteiger partial charge on any atom is 0.231 e. The molecule has 0 aliphatic carbocycles. The zero-order valence-corrected chi connectivity index (χ0v) is 15.6. The van der Waals surface area contributed by atoms with Gasteiger partial charge in [-0.25, -0.2) is 20.4 Å². The van der Waals surface area contributed by atoms with Crippen LogP contribution in [0.2, 0.25) is 0 Å². The molecule has 0 saturated carbocycles. The molecule has 2 aromatic rings. The molecule has 0 aliphatic heterocycles. The van der Waals surface area contributed by atoms with Gasteiger partial charge in [0.2, 0.25) is 12.2 Å². The van der Waals surface area contributed by atoms with Gasteiger partial charge in [-0.15, -0.1) is 0 Å². The molecule has 0 spiro atoms. The molecule has 0 aromatic heterocycles. The molecule has 8 heteroatoms. The van der Waals surface area contributed by atoms with Crippen molar-refractivity contribution in [3.05, 3.63) is 72.8 Å². The second-order valence-corrected chi connectivity index (χ2v) is 2.51. The van der Waals surface area contributed by atoms with E-state index in [1.165, 1.54) is 0 Å². The van der Waals surface area contributed by atoms with Crippen LogP contribution in [0.15, 0.2) is 72.8 Å². The van der Waals surface area contributed by atoms with Gasteiger partial charge in [0.15, 0.2) is 0 Å². The fourth-order valence-corrected chi connectivity index (χ4v) is 0.770. The molecule has 136 valence electrons. The van der Waals surface area contributed by atoms with Crippen LogP contribution in [0.3, 0.4) is 0 Å². The van der Waals surface area contributed by atoms with Crippen molar-refractivity contribution in [3.63, 3.8) is 0 Å². The minimum atomic E-state index is 0. The standard InChI is InChI=1S/2C6H6.2CHNO.2CH4O.2H2S/c2*1-2-4-6-5-3-1;2*2-1-3;2*1-2;;/h2*1-6H;2*2H;2*2H,1H3;2*1H2. The van der Waals surface area contributed by atoms with Gasteiger partial charge in [0.05, 0.1) is 0 Å². The van der Waals surface area contributed by atoms with E-state index in [2.05, 4.69) is 0 Å². The zero-order chi connectivity index (χ0) is 17.9. The molecule has 2 rings (SSSR count). The topological polar surface area (TPSA) is 122 Å². The number of rotatable bonds is 0. The third-order valence-electron chi connectivity index (χ3n) is 1.33. The number of hydrogen-bond acceptors (Lipinski definition) is 6. The van der Waals surface area contributed by atoms with E-state index in [1.54, 1.807) is 0 Å². The summed E-state index contributed by atoms with van der Waals surface area (Å²) in [5, 5.41) is 24.8. The first kappa shape index (κ1) is 37.8. The Morgan fingerprint density at radius 3 is 0.583 bits per heavy atom. The summed E-state index contributed by atoms with van der Waals surface area (Å²) < 4.78 is 0. The third kappa shape index (κ3) is 72.8. The van der Waals surface area contributed by atoms with E-state index in [4.69, 9.17) is 30.6 Å². The Morgan fingerprint density at radius 1 is 0.500 bits per heavy atom. The number of benzene rings is 2. The number of hydrogen-bond donors (Lipinski definition) is 4. The van der Waals surface area contributed by atoms with E-state index in [1.807, 2.05) is 72.8 Å². The summed E-state index contributed by atoms with van der Waals surface area (Å²) in [6.07, 6.45) is 1.50. The molecule has 0 amide bonds. The normalized spacial score (nSPS) is 5.17. The Hall–Kier alpha value is -2.18. The lowest BCUT2D eigenvalue weighted by atomic mass is 10.4. The maximum absolute atomic E-state index is 8.35. The fourth-order valence-electron chi connectivity index (χ4n) is 0.770. The Bertz CT molecular complexity index is 337. The van der Waals surface area contributed by atoms with Gasteiger partial charge in [0.1, 0.15) is 0 Å². The molecule has 0 unspecified atom stereocenters. The number of aliphatic hydroxyl groups excluding tert-OH is 2. The van der Waals surface area contributed by atoms with Gasteiger partial charge in [0, 0.05) is 14.2 Å². The molecule has 0 aliphatic rings. The maximum atomic E-state index is 8.35. The van der Waals surface area contributed by atoms with E-state index < -0.39 is 0 Å². The molecular formula is C16H26N2O4S2. The first-order valence-corrected chi connectivity index (χ1v) is 5.80. The van der Waals surface area contributed by atoms with Gasteiger partial charge in [0.25, 0.3) is 0 Å². The zero-order valence-electron chi connectivity index (χ0n) is 13.6. The molecular weight excluding hydrogens is 348 g/mol. The van der Waals surface area contributed by atoms with Crippen molar-refractivity contribution in [1.82, 2.24) is 0 Å². The summed E-state index contributed by atoms with van der Waals surface area (Å²) in [6.45, 7) is 0. The van der Waals surface area contributed by atoms with Gasteiger partial charge < -0.3 is 10.2 Å². The Morgan fingerprint density at radius 2 is 0.542 bits per heavy atom. The number of nitrogens with one attached hydrogen (secondary N) is 2.